The first-order valence-electron chi connectivity index (χ1n) is 2.78. The number of hydrogen-bond donors (Lipinski definition) is 1. The summed E-state index contributed by atoms with van der Waals surface area (Å²) < 4.78 is 18.6. The van der Waals surface area contributed by atoms with Crippen molar-refractivity contribution in [1.82, 2.24) is 0 Å². The first-order valence-corrected chi connectivity index (χ1v) is 3.95. The minimum atomic E-state index is -1.61. The normalized spacial score (nSPS) is 15.9. The summed E-state index contributed by atoms with van der Waals surface area (Å²) in [5.74, 6) is 0. The summed E-state index contributed by atoms with van der Waals surface area (Å²) in [5.41, 5.74) is 0. The van der Waals surface area contributed by atoms with Crippen molar-refractivity contribution in [2.24, 2.45) is 0 Å². The average molecular weight is 176 g/mol. The third-order valence-corrected chi connectivity index (χ3v) is 1.96. The molecule has 0 aliphatic rings. The molecular formula is C5H13KO2S. The molecular weight excluding hydrogens is 163 g/mol. The van der Waals surface area contributed by atoms with Gasteiger partial charge in [0.2, 0.25) is 0 Å². The molecule has 0 rings (SSSR count). The Morgan fingerprint density at radius 1 is 1.67 bits per heavy atom. The van der Waals surface area contributed by atoms with E-state index in [0.29, 0.717) is 0 Å². The molecule has 0 amide bonds. The van der Waals surface area contributed by atoms with Gasteiger partial charge in [-0.05, 0) is 13.3 Å². The van der Waals surface area contributed by atoms with Crippen molar-refractivity contribution in [3.63, 3.8) is 0 Å². The summed E-state index contributed by atoms with van der Waals surface area (Å²) >= 11 is -1.61. The zero-order valence-corrected chi connectivity index (χ0v) is 6.07. The zero-order valence-electron chi connectivity index (χ0n) is 5.26. The third-order valence-electron chi connectivity index (χ3n) is 1.04. The van der Waals surface area contributed by atoms with Crippen LogP contribution in [0.5, 0.6) is 0 Å². The molecule has 2 unspecified atom stereocenters. The Hall–Kier alpha value is 1.75. The minimum absolute atomic E-state index is 0. The summed E-state index contributed by atoms with van der Waals surface area (Å²) in [6.45, 7) is 3.78. The van der Waals surface area contributed by atoms with Gasteiger partial charge >= 0.3 is 51.4 Å². The summed E-state index contributed by atoms with van der Waals surface area (Å²) in [5, 5.41) is -0.0556. The van der Waals surface area contributed by atoms with E-state index in [0.717, 1.165) is 12.8 Å². The third kappa shape index (κ3) is 7.65. The van der Waals surface area contributed by atoms with Crippen molar-refractivity contribution in [3.8, 4) is 0 Å². The second-order valence-corrected chi connectivity index (χ2v) is 3.23. The van der Waals surface area contributed by atoms with Crippen LogP contribution in [0.15, 0.2) is 0 Å². The Morgan fingerprint density at radius 3 is 2.22 bits per heavy atom. The second-order valence-electron chi connectivity index (χ2n) is 1.88. The van der Waals surface area contributed by atoms with Gasteiger partial charge in [-0.1, -0.05) is 13.3 Å². The van der Waals surface area contributed by atoms with Crippen molar-refractivity contribution in [2.45, 2.75) is 31.9 Å². The summed E-state index contributed by atoms with van der Waals surface area (Å²) in [6, 6.07) is 0. The molecule has 0 spiro atoms. The van der Waals surface area contributed by atoms with Crippen LogP contribution in [-0.4, -0.2) is 65.4 Å². The molecule has 0 aromatic rings. The van der Waals surface area contributed by atoms with Crippen LogP contribution in [0.1, 0.15) is 26.7 Å². The van der Waals surface area contributed by atoms with E-state index in [2.05, 4.69) is 0 Å². The molecule has 0 aromatic heterocycles. The summed E-state index contributed by atoms with van der Waals surface area (Å²) in [7, 11) is 0. The van der Waals surface area contributed by atoms with Gasteiger partial charge in [0, 0.05) is 0 Å². The molecule has 2 atom stereocenters. The first kappa shape index (κ1) is 13.3. The maximum atomic E-state index is 10.2. The number of hydrogen-bond acceptors (Lipinski definition) is 1. The fourth-order valence-corrected chi connectivity index (χ4v) is 0.945. The molecule has 0 fully saturated rings. The van der Waals surface area contributed by atoms with Crippen LogP contribution in [0, 0.1) is 0 Å². The fourth-order valence-electron chi connectivity index (χ4n) is 0.507. The van der Waals surface area contributed by atoms with Gasteiger partial charge in [0.05, 0.1) is 5.25 Å². The van der Waals surface area contributed by atoms with Crippen molar-refractivity contribution < 1.29 is 8.76 Å². The van der Waals surface area contributed by atoms with Crippen molar-refractivity contribution in [3.05, 3.63) is 0 Å². The van der Waals surface area contributed by atoms with E-state index in [1.54, 1.807) is 6.92 Å². The Morgan fingerprint density at radius 2 is 2.11 bits per heavy atom. The number of rotatable bonds is 3. The maximum absolute atomic E-state index is 10.2. The molecule has 0 bridgehead atoms. The van der Waals surface area contributed by atoms with E-state index in [4.69, 9.17) is 4.55 Å². The first-order chi connectivity index (χ1) is 3.68. The zero-order chi connectivity index (χ0) is 6.57. The van der Waals surface area contributed by atoms with Crippen LogP contribution in [0.2, 0.25) is 0 Å². The molecule has 4 heteroatoms. The van der Waals surface area contributed by atoms with Crippen LogP contribution in [0.4, 0.5) is 0 Å². The van der Waals surface area contributed by atoms with E-state index >= 15 is 0 Å². The Bertz CT molecular complexity index is 87.0. The van der Waals surface area contributed by atoms with E-state index in [1.807, 2.05) is 6.92 Å². The molecule has 2 nitrogen and oxygen atoms in total. The van der Waals surface area contributed by atoms with Crippen molar-refractivity contribution in [1.29, 1.82) is 0 Å². The topological polar surface area (TPSA) is 37.3 Å². The Labute approximate surface area is 101 Å². The molecule has 0 aliphatic carbocycles. The van der Waals surface area contributed by atoms with Crippen LogP contribution in [-0.2, 0) is 11.1 Å². The summed E-state index contributed by atoms with van der Waals surface area (Å²) in [6.07, 6.45) is 1.82. The fraction of sp³-hybridized carbons (Fsp3) is 1.00. The van der Waals surface area contributed by atoms with Crippen LogP contribution >= 0.6 is 0 Å². The van der Waals surface area contributed by atoms with Crippen molar-refractivity contribution >= 4 is 62.5 Å². The molecule has 0 heterocycles. The van der Waals surface area contributed by atoms with Gasteiger partial charge < -0.3 is 4.55 Å². The average Bonchev–Trinajstić information content (AvgIpc) is 1.67. The monoisotopic (exact) mass is 176 g/mol. The van der Waals surface area contributed by atoms with Crippen molar-refractivity contribution in [2.75, 3.05) is 0 Å². The Balaban J connectivity index is 0. The van der Waals surface area contributed by atoms with Gasteiger partial charge in [-0.25, -0.2) is 4.21 Å². The molecule has 0 aromatic carbocycles. The standard InChI is InChI=1S/C5H12O2S.K.H/c1-3-4-5(2)8(6)7;;/h5H,3-4H2,1-2H3,(H,6,7);;. The van der Waals surface area contributed by atoms with E-state index < -0.39 is 11.1 Å². The quantitative estimate of drug-likeness (QED) is 0.509. The molecule has 0 saturated carbocycles. The molecule has 0 saturated heterocycles. The van der Waals surface area contributed by atoms with Gasteiger partial charge in [0.1, 0.15) is 0 Å². The SMILES string of the molecule is CCCC(C)S(=O)O.[KH]. The van der Waals surface area contributed by atoms with Crippen LogP contribution < -0.4 is 0 Å². The molecule has 9 heavy (non-hydrogen) atoms. The summed E-state index contributed by atoms with van der Waals surface area (Å²) in [4.78, 5) is 0. The van der Waals surface area contributed by atoms with Gasteiger partial charge in [-0.3, -0.25) is 0 Å². The van der Waals surface area contributed by atoms with Gasteiger partial charge in [-0.2, -0.15) is 0 Å². The molecule has 0 radical (unpaired) electrons. The predicted octanol–water partition coefficient (Wildman–Crippen LogP) is 0.748. The van der Waals surface area contributed by atoms with E-state index in [1.165, 1.54) is 0 Å². The van der Waals surface area contributed by atoms with Gasteiger partial charge in [0.25, 0.3) is 0 Å². The second kappa shape index (κ2) is 7.85. The predicted molar refractivity (Wildman–Crippen MR) is 42.3 cm³/mol. The molecule has 0 aliphatic heterocycles. The van der Waals surface area contributed by atoms with Crippen LogP contribution in [0.25, 0.3) is 0 Å². The Kier molecular flexibility index (Phi) is 11.6. The van der Waals surface area contributed by atoms with Crippen LogP contribution in [0.3, 0.4) is 0 Å². The van der Waals surface area contributed by atoms with Gasteiger partial charge in [0.15, 0.2) is 11.1 Å². The molecule has 52 valence electrons. The molecule has 1 N–H and O–H groups in total. The van der Waals surface area contributed by atoms with E-state index in [-0.39, 0.29) is 56.6 Å². The van der Waals surface area contributed by atoms with E-state index in [9.17, 15) is 4.21 Å². The van der Waals surface area contributed by atoms with Gasteiger partial charge in [-0.15, -0.1) is 0 Å².